The summed E-state index contributed by atoms with van der Waals surface area (Å²) in [7, 11) is 0. The molecule has 2 atom stereocenters. The van der Waals surface area contributed by atoms with E-state index >= 15 is 0 Å². The fourth-order valence-electron chi connectivity index (χ4n) is 3.62. The van der Waals surface area contributed by atoms with Crippen molar-refractivity contribution in [2.24, 2.45) is 0 Å². The Morgan fingerprint density at radius 2 is 2.14 bits per heavy atom. The predicted molar refractivity (Wildman–Crippen MR) is 83.4 cm³/mol. The molecule has 0 amide bonds. The smallest absolute Gasteiger partial charge is 0.125 e. The Morgan fingerprint density at radius 3 is 3.05 bits per heavy atom. The molecule has 3 heterocycles. The molecule has 2 unspecified atom stereocenters. The van der Waals surface area contributed by atoms with Gasteiger partial charge >= 0.3 is 0 Å². The first-order valence-electron chi connectivity index (χ1n) is 8.04. The van der Waals surface area contributed by atoms with E-state index in [1.165, 1.54) is 37.0 Å². The second-order valence-corrected chi connectivity index (χ2v) is 6.43. The maximum absolute atomic E-state index is 13.3. The summed E-state index contributed by atoms with van der Waals surface area (Å²) in [6.07, 6.45) is 7.75. The molecule has 2 bridgehead atoms. The molecule has 2 fully saturated rings. The lowest BCUT2D eigenvalue weighted by Gasteiger charge is -2.23. The minimum absolute atomic E-state index is 0.232. The van der Waals surface area contributed by atoms with Crippen molar-refractivity contribution in [2.75, 3.05) is 13.1 Å². The molecule has 1 N–H and O–H groups in total. The Balaban J connectivity index is 1.45. The molecule has 4 rings (SSSR count). The van der Waals surface area contributed by atoms with E-state index in [1.54, 1.807) is 10.7 Å². The second-order valence-electron chi connectivity index (χ2n) is 6.43. The first-order valence-corrected chi connectivity index (χ1v) is 8.04. The average molecular weight is 300 g/mol. The van der Waals surface area contributed by atoms with Crippen LogP contribution < -0.4 is 5.32 Å². The molecule has 0 radical (unpaired) electrons. The van der Waals surface area contributed by atoms with Crippen molar-refractivity contribution < 1.29 is 4.39 Å². The minimum Gasteiger partial charge on any atom is -0.310 e. The van der Waals surface area contributed by atoms with Gasteiger partial charge in [0.2, 0.25) is 0 Å². The zero-order valence-corrected chi connectivity index (χ0v) is 12.6. The van der Waals surface area contributed by atoms with Crippen LogP contribution >= 0.6 is 0 Å². The van der Waals surface area contributed by atoms with Gasteiger partial charge in [-0.05, 0) is 37.5 Å². The Labute approximate surface area is 129 Å². The highest BCUT2D eigenvalue weighted by Gasteiger charge is 2.29. The predicted octanol–water partition coefficient (Wildman–Crippen LogP) is 2.34. The number of rotatable bonds is 3. The zero-order chi connectivity index (χ0) is 14.9. The van der Waals surface area contributed by atoms with Gasteiger partial charge in [0.1, 0.15) is 5.82 Å². The third kappa shape index (κ3) is 2.91. The van der Waals surface area contributed by atoms with E-state index in [9.17, 15) is 4.39 Å². The van der Waals surface area contributed by atoms with Gasteiger partial charge in [-0.1, -0.05) is 6.07 Å². The molecule has 4 nitrogen and oxygen atoms in total. The summed E-state index contributed by atoms with van der Waals surface area (Å²) in [5.41, 5.74) is 1.95. The summed E-state index contributed by atoms with van der Waals surface area (Å²) in [5, 5.41) is 8.07. The minimum atomic E-state index is -0.232. The fourth-order valence-corrected chi connectivity index (χ4v) is 3.62. The molecule has 2 aliphatic rings. The molecule has 1 aromatic carbocycles. The van der Waals surface area contributed by atoms with Crippen molar-refractivity contribution in [1.29, 1.82) is 0 Å². The van der Waals surface area contributed by atoms with Crippen molar-refractivity contribution in [3.8, 4) is 5.69 Å². The van der Waals surface area contributed by atoms with Gasteiger partial charge in [0, 0.05) is 43.5 Å². The first-order chi connectivity index (χ1) is 10.8. The molecule has 5 heteroatoms. The van der Waals surface area contributed by atoms with E-state index in [2.05, 4.69) is 15.3 Å². The van der Waals surface area contributed by atoms with E-state index in [0.29, 0.717) is 12.1 Å². The van der Waals surface area contributed by atoms with Gasteiger partial charge in [-0.15, -0.1) is 0 Å². The van der Waals surface area contributed by atoms with E-state index < -0.39 is 0 Å². The Hall–Kier alpha value is -1.72. The maximum atomic E-state index is 13.3. The van der Waals surface area contributed by atoms with E-state index in [4.69, 9.17) is 0 Å². The number of fused-ring (bicyclic) bond motifs is 2. The van der Waals surface area contributed by atoms with Crippen LogP contribution in [0.3, 0.4) is 0 Å². The number of nitrogens with one attached hydrogen (secondary N) is 1. The van der Waals surface area contributed by atoms with Crippen LogP contribution in [0.25, 0.3) is 5.69 Å². The molecular formula is C17H21FN4. The standard InChI is InChI=1S/C17H21FN4/c18-14-2-1-3-17(8-14)22-11-13(9-19-22)10-21-7-6-15-4-5-16(12-21)20-15/h1-3,8-9,11,15-16,20H,4-7,10,12H2. The molecule has 2 saturated heterocycles. The largest absolute Gasteiger partial charge is 0.310 e. The second kappa shape index (κ2) is 5.82. The van der Waals surface area contributed by atoms with Gasteiger partial charge < -0.3 is 5.32 Å². The van der Waals surface area contributed by atoms with Gasteiger partial charge in [-0.2, -0.15) is 5.10 Å². The summed E-state index contributed by atoms with van der Waals surface area (Å²) in [4.78, 5) is 2.50. The SMILES string of the molecule is Fc1cccc(-n2cc(CN3CCC4CCC(C3)N4)cn2)c1. The van der Waals surface area contributed by atoms with Gasteiger partial charge in [0.05, 0.1) is 11.9 Å². The molecule has 0 saturated carbocycles. The lowest BCUT2D eigenvalue weighted by Crippen LogP contribution is -2.34. The third-order valence-corrected chi connectivity index (χ3v) is 4.72. The number of aromatic nitrogens is 2. The number of nitrogens with zero attached hydrogens (tertiary/aromatic N) is 3. The van der Waals surface area contributed by atoms with Crippen molar-refractivity contribution in [1.82, 2.24) is 20.0 Å². The third-order valence-electron chi connectivity index (χ3n) is 4.72. The quantitative estimate of drug-likeness (QED) is 0.944. The van der Waals surface area contributed by atoms with Gasteiger partial charge in [0.25, 0.3) is 0 Å². The highest BCUT2D eigenvalue weighted by molar-refractivity contribution is 5.31. The van der Waals surface area contributed by atoms with Crippen LogP contribution in [0.1, 0.15) is 24.8 Å². The van der Waals surface area contributed by atoms with Crippen molar-refractivity contribution in [2.45, 2.75) is 37.9 Å². The van der Waals surface area contributed by atoms with Crippen LogP contribution in [-0.4, -0.2) is 39.9 Å². The topological polar surface area (TPSA) is 33.1 Å². The summed E-state index contributed by atoms with van der Waals surface area (Å²) in [6.45, 7) is 3.17. The molecule has 2 aromatic rings. The summed E-state index contributed by atoms with van der Waals surface area (Å²) in [6, 6.07) is 7.90. The van der Waals surface area contributed by atoms with E-state index in [0.717, 1.165) is 25.3 Å². The fraction of sp³-hybridized carbons (Fsp3) is 0.471. The van der Waals surface area contributed by atoms with Crippen LogP contribution in [0.4, 0.5) is 4.39 Å². The van der Waals surface area contributed by atoms with Crippen LogP contribution in [0.15, 0.2) is 36.7 Å². The lowest BCUT2D eigenvalue weighted by atomic mass is 10.1. The lowest BCUT2D eigenvalue weighted by molar-refractivity contribution is 0.251. The number of benzene rings is 1. The monoisotopic (exact) mass is 300 g/mol. The number of hydrogen-bond acceptors (Lipinski definition) is 3. The molecule has 1 aromatic heterocycles. The van der Waals surface area contributed by atoms with Gasteiger partial charge in [-0.3, -0.25) is 4.90 Å². The summed E-state index contributed by atoms with van der Waals surface area (Å²) in [5.74, 6) is -0.232. The molecular weight excluding hydrogens is 279 g/mol. The van der Waals surface area contributed by atoms with Crippen molar-refractivity contribution in [3.63, 3.8) is 0 Å². The Bertz CT molecular complexity index is 654. The van der Waals surface area contributed by atoms with E-state index in [-0.39, 0.29) is 5.82 Å². The molecule has 2 aliphatic heterocycles. The van der Waals surface area contributed by atoms with Crippen molar-refractivity contribution in [3.05, 3.63) is 48.0 Å². The summed E-state index contributed by atoms with van der Waals surface area (Å²) >= 11 is 0. The summed E-state index contributed by atoms with van der Waals surface area (Å²) < 4.78 is 15.1. The number of likely N-dealkylation sites (tertiary alicyclic amines) is 1. The van der Waals surface area contributed by atoms with Crippen LogP contribution in [-0.2, 0) is 6.54 Å². The Morgan fingerprint density at radius 1 is 1.23 bits per heavy atom. The zero-order valence-electron chi connectivity index (χ0n) is 12.6. The number of halogens is 1. The molecule has 22 heavy (non-hydrogen) atoms. The van der Waals surface area contributed by atoms with Crippen LogP contribution in [0, 0.1) is 5.82 Å². The van der Waals surface area contributed by atoms with Crippen LogP contribution in [0.2, 0.25) is 0 Å². The van der Waals surface area contributed by atoms with Crippen LogP contribution in [0.5, 0.6) is 0 Å². The highest BCUT2D eigenvalue weighted by atomic mass is 19.1. The first kappa shape index (κ1) is 13.9. The van der Waals surface area contributed by atoms with Crippen molar-refractivity contribution >= 4 is 0 Å². The molecule has 116 valence electrons. The molecule has 0 spiro atoms. The average Bonchev–Trinajstić information content (AvgIpc) is 3.08. The normalized spacial score (nSPS) is 25.3. The van der Waals surface area contributed by atoms with Gasteiger partial charge in [-0.25, -0.2) is 9.07 Å². The van der Waals surface area contributed by atoms with Gasteiger partial charge in [0.15, 0.2) is 0 Å². The number of hydrogen-bond donors (Lipinski definition) is 1. The Kier molecular flexibility index (Phi) is 3.68. The molecule has 0 aliphatic carbocycles. The maximum Gasteiger partial charge on any atom is 0.125 e. The highest BCUT2D eigenvalue weighted by Crippen LogP contribution is 2.21. The van der Waals surface area contributed by atoms with E-state index in [1.807, 2.05) is 18.5 Å².